The zero-order chi connectivity index (χ0) is 17.8. The number of nitrogens with one attached hydrogen (secondary N) is 3. The van der Waals surface area contributed by atoms with E-state index in [4.69, 9.17) is 0 Å². The zero-order valence-corrected chi connectivity index (χ0v) is 14.3. The van der Waals surface area contributed by atoms with Crippen LogP contribution < -0.4 is 11.0 Å². The van der Waals surface area contributed by atoms with Crippen LogP contribution in [-0.4, -0.2) is 64.4 Å². The Bertz CT molecular complexity index is 817. The number of hydrogen-bond donors (Lipinski definition) is 3. The topological polar surface area (TPSA) is 101 Å². The molecule has 1 saturated heterocycles. The second-order valence-electron chi connectivity index (χ2n) is 6.24. The molecule has 25 heavy (non-hydrogen) atoms. The van der Waals surface area contributed by atoms with Gasteiger partial charge in [-0.2, -0.15) is 0 Å². The summed E-state index contributed by atoms with van der Waals surface area (Å²) in [5.41, 5.74) is 2.03. The van der Waals surface area contributed by atoms with Crippen LogP contribution in [0.25, 0.3) is 11.0 Å². The van der Waals surface area contributed by atoms with Crippen LogP contribution in [0.15, 0.2) is 23.0 Å². The van der Waals surface area contributed by atoms with E-state index in [0.29, 0.717) is 38.2 Å². The van der Waals surface area contributed by atoms with E-state index in [-0.39, 0.29) is 24.0 Å². The van der Waals surface area contributed by atoms with Crippen LogP contribution in [0.3, 0.4) is 0 Å². The van der Waals surface area contributed by atoms with E-state index in [1.165, 1.54) is 0 Å². The van der Waals surface area contributed by atoms with Gasteiger partial charge in [0, 0.05) is 32.7 Å². The molecule has 8 nitrogen and oxygen atoms in total. The minimum atomic E-state index is -0.254. The fourth-order valence-electron chi connectivity index (χ4n) is 2.98. The van der Waals surface area contributed by atoms with E-state index in [1.807, 2.05) is 19.1 Å². The molecular formula is C17H23N5O3. The van der Waals surface area contributed by atoms with Crippen molar-refractivity contribution in [3.05, 3.63) is 34.2 Å². The molecule has 1 aliphatic rings. The van der Waals surface area contributed by atoms with Crippen molar-refractivity contribution < 1.29 is 9.59 Å². The number of carbonyl (C=O) groups excluding carboxylic acids is 2. The van der Waals surface area contributed by atoms with Crippen LogP contribution in [0.2, 0.25) is 0 Å². The first kappa shape index (κ1) is 17.1. The van der Waals surface area contributed by atoms with Gasteiger partial charge in [-0.25, -0.2) is 9.59 Å². The highest BCUT2D eigenvalue weighted by Crippen LogP contribution is 2.12. The van der Waals surface area contributed by atoms with Crippen LogP contribution in [0.1, 0.15) is 18.9 Å². The fourth-order valence-corrected chi connectivity index (χ4v) is 2.98. The molecule has 3 amide bonds. The van der Waals surface area contributed by atoms with E-state index in [9.17, 15) is 14.4 Å². The number of imidazole rings is 1. The second-order valence-corrected chi connectivity index (χ2v) is 6.24. The summed E-state index contributed by atoms with van der Waals surface area (Å²) >= 11 is 0. The van der Waals surface area contributed by atoms with Crippen molar-refractivity contribution in [2.45, 2.75) is 19.8 Å². The van der Waals surface area contributed by atoms with Crippen LogP contribution in [-0.2, 0) is 11.2 Å². The van der Waals surface area contributed by atoms with E-state index in [1.54, 1.807) is 15.9 Å². The van der Waals surface area contributed by atoms with Crippen LogP contribution in [0.4, 0.5) is 4.79 Å². The van der Waals surface area contributed by atoms with Gasteiger partial charge in [-0.1, -0.05) is 13.0 Å². The Hall–Kier alpha value is -2.77. The van der Waals surface area contributed by atoms with Gasteiger partial charge in [-0.15, -0.1) is 0 Å². The lowest BCUT2D eigenvalue weighted by Crippen LogP contribution is -2.53. The van der Waals surface area contributed by atoms with Gasteiger partial charge in [0.1, 0.15) is 0 Å². The zero-order valence-electron chi connectivity index (χ0n) is 14.3. The van der Waals surface area contributed by atoms with Crippen LogP contribution in [0, 0.1) is 0 Å². The average molecular weight is 345 g/mol. The number of hydrogen-bond acceptors (Lipinski definition) is 3. The van der Waals surface area contributed by atoms with Gasteiger partial charge in [0.05, 0.1) is 17.5 Å². The second kappa shape index (κ2) is 7.42. The Morgan fingerprint density at radius 1 is 1.08 bits per heavy atom. The molecule has 8 heteroatoms. The van der Waals surface area contributed by atoms with Crippen molar-refractivity contribution in [3.63, 3.8) is 0 Å². The monoisotopic (exact) mass is 345 g/mol. The molecule has 3 rings (SSSR count). The first-order valence-electron chi connectivity index (χ1n) is 8.58. The van der Waals surface area contributed by atoms with E-state index in [2.05, 4.69) is 15.3 Å². The first-order valence-corrected chi connectivity index (χ1v) is 8.58. The van der Waals surface area contributed by atoms with E-state index in [0.717, 1.165) is 17.5 Å². The van der Waals surface area contributed by atoms with E-state index < -0.39 is 0 Å². The number of piperazine rings is 1. The molecule has 1 aliphatic heterocycles. The van der Waals surface area contributed by atoms with Crippen LogP contribution in [0.5, 0.6) is 0 Å². The summed E-state index contributed by atoms with van der Waals surface area (Å²) in [5.74, 6) is 0.0332. The molecule has 0 unspecified atom stereocenters. The molecule has 0 aliphatic carbocycles. The van der Waals surface area contributed by atoms with Gasteiger partial charge < -0.3 is 25.1 Å². The van der Waals surface area contributed by atoms with Gasteiger partial charge >= 0.3 is 11.7 Å². The summed E-state index contributed by atoms with van der Waals surface area (Å²) in [6.07, 6.45) is 1.19. The van der Waals surface area contributed by atoms with Gasteiger partial charge in [0.25, 0.3) is 0 Å². The highest BCUT2D eigenvalue weighted by atomic mass is 16.2. The Morgan fingerprint density at radius 3 is 2.48 bits per heavy atom. The van der Waals surface area contributed by atoms with Crippen molar-refractivity contribution in [1.82, 2.24) is 25.1 Å². The molecule has 1 fully saturated rings. The van der Waals surface area contributed by atoms with Crippen LogP contribution >= 0.6 is 0 Å². The number of nitrogens with zero attached hydrogens (tertiary/aromatic N) is 2. The number of rotatable bonds is 4. The van der Waals surface area contributed by atoms with Crippen molar-refractivity contribution in [1.29, 1.82) is 0 Å². The molecule has 0 spiro atoms. The van der Waals surface area contributed by atoms with E-state index >= 15 is 0 Å². The number of urea groups is 1. The SMILES string of the molecule is CCCNC(=O)N1CCN(C(=O)Cc2ccc3[nH]c(=O)[nH]c3c2)CC1. The number of benzene rings is 1. The largest absolute Gasteiger partial charge is 0.339 e. The van der Waals surface area contributed by atoms with Crippen molar-refractivity contribution in [2.24, 2.45) is 0 Å². The standard InChI is InChI=1S/C17H23N5O3/c1-2-5-18-17(25)22-8-6-21(7-9-22)15(23)11-12-3-4-13-14(10-12)20-16(24)19-13/h3-4,10H,2,5-9,11H2,1H3,(H,18,25)(H2,19,20,24). The lowest BCUT2D eigenvalue weighted by atomic mass is 10.1. The molecule has 1 aromatic carbocycles. The molecule has 0 bridgehead atoms. The number of aromatic nitrogens is 2. The third-order valence-corrected chi connectivity index (χ3v) is 4.38. The first-order chi connectivity index (χ1) is 12.1. The number of H-pyrrole nitrogens is 2. The Morgan fingerprint density at radius 2 is 1.76 bits per heavy atom. The summed E-state index contributed by atoms with van der Waals surface area (Å²) in [5, 5.41) is 2.86. The molecule has 0 atom stereocenters. The summed E-state index contributed by atoms with van der Waals surface area (Å²) < 4.78 is 0. The Labute approximate surface area is 145 Å². The van der Waals surface area contributed by atoms with Gasteiger partial charge in [0.2, 0.25) is 5.91 Å². The van der Waals surface area contributed by atoms with Gasteiger partial charge in [0.15, 0.2) is 0 Å². The molecule has 134 valence electrons. The quantitative estimate of drug-likeness (QED) is 0.759. The molecule has 1 aromatic heterocycles. The summed E-state index contributed by atoms with van der Waals surface area (Å²) in [7, 11) is 0. The highest BCUT2D eigenvalue weighted by Gasteiger charge is 2.23. The lowest BCUT2D eigenvalue weighted by Gasteiger charge is -2.34. The molecular weight excluding hydrogens is 322 g/mol. The minimum Gasteiger partial charge on any atom is -0.339 e. The Kier molecular flexibility index (Phi) is 5.06. The summed E-state index contributed by atoms with van der Waals surface area (Å²) in [4.78, 5) is 44.6. The molecule has 0 radical (unpaired) electrons. The molecule has 2 heterocycles. The molecule has 2 aromatic rings. The maximum atomic E-state index is 12.5. The number of amides is 3. The Balaban J connectivity index is 1.55. The highest BCUT2D eigenvalue weighted by molar-refractivity contribution is 5.82. The van der Waals surface area contributed by atoms with Crippen molar-refractivity contribution >= 4 is 23.0 Å². The maximum Gasteiger partial charge on any atom is 0.323 e. The number of carbonyl (C=O) groups is 2. The third kappa shape index (κ3) is 4.01. The average Bonchev–Trinajstić information content (AvgIpc) is 2.99. The van der Waals surface area contributed by atoms with Gasteiger partial charge in [-0.05, 0) is 24.1 Å². The maximum absolute atomic E-state index is 12.5. The normalized spacial score (nSPS) is 14.8. The minimum absolute atomic E-state index is 0.0332. The third-order valence-electron chi connectivity index (χ3n) is 4.38. The smallest absolute Gasteiger partial charge is 0.323 e. The predicted molar refractivity (Wildman–Crippen MR) is 94.5 cm³/mol. The molecule has 3 N–H and O–H groups in total. The van der Waals surface area contributed by atoms with Crippen molar-refractivity contribution in [3.8, 4) is 0 Å². The lowest BCUT2D eigenvalue weighted by molar-refractivity contribution is -0.131. The fraction of sp³-hybridized carbons (Fsp3) is 0.471. The predicted octanol–water partition coefficient (Wildman–Crippen LogP) is 0.663. The number of fused-ring (bicyclic) bond motifs is 1. The van der Waals surface area contributed by atoms with Crippen molar-refractivity contribution in [2.75, 3.05) is 32.7 Å². The summed E-state index contributed by atoms with van der Waals surface area (Å²) in [6.45, 7) is 4.86. The number of aromatic amines is 2. The summed E-state index contributed by atoms with van der Waals surface area (Å²) in [6, 6.07) is 5.40. The molecule has 0 saturated carbocycles. The van der Waals surface area contributed by atoms with Gasteiger partial charge in [-0.3, -0.25) is 4.79 Å².